The number of piperidine rings is 1. The molecule has 1 saturated heterocycles. The Morgan fingerprint density at radius 2 is 2.15 bits per heavy atom. The highest BCUT2D eigenvalue weighted by Gasteiger charge is 2.24. The molecule has 20 heavy (non-hydrogen) atoms. The smallest absolute Gasteiger partial charge is 0.227 e. The number of nitrogens with one attached hydrogen (secondary N) is 1. The minimum absolute atomic E-state index is 0.225. The fourth-order valence-corrected chi connectivity index (χ4v) is 2.86. The van der Waals surface area contributed by atoms with Crippen molar-refractivity contribution in [3.05, 3.63) is 34.9 Å². The Balaban J connectivity index is 2.00. The molecule has 0 aromatic heterocycles. The second-order valence-corrected chi connectivity index (χ2v) is 5.83. The molecule has 1 fully saturated rings. The number of hydrogen-bond acceptors (Lipinski definition) is 2. The lowest BCUT2D eigenvalue weighted by Crippen LogP contribution is -2.49. The number of amides is 1. The largest absolute Gasteiger partial charge is 0.338 e. The number of carbonyl (C=O) groups excluding carboxylic acids is 1. The summed E-state index contributed by atoms with van der Waals surface area (Å²) in [5.41, 5.74) is 1.03. The molecule has 1 aromatic carbocycles. The standard InChI is InChI=1S/C16H23ClN2O/c1-2-10-19(15-4-3-9-18-12-15)16(20)11-13-5-7-14(17)8-6-13/h5-8,15,18H,2-4,9-12H2,1H3. The molecule has 1 N–H and O–H groups in total. The zero-order chi connectivity index (χ0) is 14.4. The minimum Gasteiger partial charge on any atom is -0.338 e. The second-order valence-electron chi connectivity index (χ2n) is 5.39. The van der Waals surface area contributed by atoms with Crippen molar-refractivity contribution in [3.63, 3.8) is 0 Å². The number of benzene rings is 1. The third-order valence-electron chi connectivity index (χ3n) is 3.77. The highest BCUT2D eigenvalue weighted by molar-refractivity contribution is 6.30. The first-order valence-corrected chi connectivity index (χ1v) is 7.83. The molecule has 0 bridgehead atoms. The Bertz CT molecular complexity index is 427. The molecule has 1 unspecified atom stereocenters. The monoisotopic (exact) mass is 294 g/mol. The maximum Gasteiger partial charge on any atom is 0.227 e. The maximum absolute atomic E-state index is 12.6. The molecule has 1 heterocycles. The number of rotatable bonds is 5. The molecule has 1 aromatic rings. The Kier molecular flexibility index (Phi) is 5.86. The van der Waals surface area contributed by atoms with Crippen molar-refractivity contribution in [2.45, 2.75) is 38.6 Å². The van der Waals surface area contributed by atoms with Crippen molar-refractivity contribution in [1.82, 2.24) is 10.2 Å². The molecule has 0 aliphatic carbocycles. The summed E-state index contributed by atoms with van der Waals surface area (Å²) in [6.45, 7) is 4.96. The molecule has 1 amide bonds. The summed E-state index contributed by atoms with van der Waals surface area (Å²) >= 11 is 5.88. The molecular weight excluding hydrogens is 272 g/mol. The van der Waals surface area contributed by atoms with Crippen LogP contribution in [0.15, 0.2) is 24.3 Å². The Morgan fingerprint density at radius 3 is 2.75 bits per heavy atom. The van der Waals surface area contributed by atoms with Crippen molar-refractivity contribution in [2.24, 2.45) is 0 Å². The molecule has 110 valence electrons. The van der Waals surface area contributed by atoms with Crippen molar-refractivity contribution in [1.29, 1.82) is 0 Å². The van der Waals surface area contributed by atoms with Crippen molar-refractivity contribution in [2.75, 3.05) is 19.6 Å². The fourth-order valence-electron chi connectivity index (χ4n) is 2.73. The Labute approximate surface area is 126 Å². The van der Waals surface area contributed by atoms with Crippen LogP contribution in [0.4, 0.5) is 0 Å². The molecule has 1 atom stereocenters. The van der Waals surface area contributed by atoms with E-state index in [-0.39, 0.29) is 5.91 Å². The van der Waals surface area contributed by atoms with E-state index in [4.69, 9.17) is 11.6 Å². The predicted octanol–water partition coefficient (Wildman–Crippen LogP) is 2.87. The highest BCUT2D eigenvalue weighted by atomic mass is 35.5. The number of carbonyl (C=O) groups is 1. The van der Waals surface area contributed by atoms with Crippen LogP contribution >= 0.6 is 11.6 Å². The molecular formula is C16H23ClN2O. The normalized spacial score (nSPS) is 18.8. The zero-order valence-corrected chi connectivity index (χ0v) is 12.8. The van der Waals surface area contributed by atoms with E-state index in [1.165, 1.54) is 0 Å². The lowest BCUT2D eigenvalue weighted by molar-refractivity contribution is -0.133. The van der Waals surface area contributed by atoms with Gasteiger partial charge in [0.15, 0.2) is 0 Å². The summed E-state index contributed by atoms with van der Waals surface area (Å²) < 4.78 is 0. The third-order valence-corrected chi connectivity index (χ3v) is 4.02. The molecule has 1 aliphatic heterocycles. The average Bonchev–Trinajstić information content (AvgIpc) is 2.48. The van der Waals surface area contributed by atoms with Gasteiger partial charge in [0.1, 0.15) is 0 Å². The summed E-state index contributed by atoms with van der Waals surface area (Å²) in [5, 5.41) is 4.10. The fraction of sp³-hybridized carbons (Fsp3) is 0.562. The van der Waals surface area contributed by atoms with Crippen LogP contribution in [0.3, 0.4) is 0 Å². The van der Waals surface area contributed by atoms with Crippen molar-refractivity contribution < 1.29 is 4.79 Å². The van der Waals surface area contributed by atoms with E-state index in [1.807, 2.05) is 24.3 Å². The quantitative estimate of drug-likeness (QED) is 0.906. The van der Waals surface area contributed by atoms with Gasteiger partial charge in [-0.2, -0.15) is 0 Å². The summed E-state index contributed by atoms with van der Waals surface area (Å²) in [7, 11) is 0. The molecule has 0 radical (unpaired) electrons. The first-order valence-electron chi connectivity index (χ1n) is 7.45. The SMILES string of the molecule is CCCN(C(=O)Cc1ccc(Cl)cc1)C1CCCNC1. The third kappa shape index (κ3) is 4.22. The van der Waals surface area contributed by atoms with Gasteiger partial charge in [0.05, 0.1) is 6.42 Å². The van der Waals surface area contributed by atoms with Crippen LogP contribution in [0.1, 0.15) is 31.7 Å². The van der Waals surface area contributed by atoms with E-state index >= 15 is 0 Å². The van der Waals surface area contributed by atoms with E-state index in [0.717, 1.165) is 44.5 Å². The Hall–Kier alpha value is -1.06. The van der Waals surface area contributed by atoms with E-state index < -0.39 is 0 Å². The van der Waals surface area contributed by atoms with Gasteiger partial charge >= 0.3 is 0 Å². The van der Waals surface area contributed by atoms with Crippen LogP contribution in [0.25, 0.3) is 0 Å². The van der Waals surface area contributed by atoms with Crippen LogP contribution in [0.2, 0.25) is 5.02 Å². The summed E-state index contributed by atoms with van der Waals surface area (Å²) in [6, 6.07) is 7.91. The van der Waals surface area contributed by atoms with Crippen LogP contribution in [-0.2, 0) is 11.2 Å². The summed E-state index contributed by atoms with van der Waals surface area (Å²) in [5.74, 6) is 0.225. The van der Waals surface area contributed by atoms with Crippen LogP contribution < -0.4 is 5.32 Å². The van der Waals surface area contributed by atoms with Gasteiger partial charge in [-0.1, -0.05) is 30.7 Å². The van der Waals surface area contributed by atoms with Gasteiger partial charge in [-0.25, -0.2) is 0 Å². The first-order chi connectivity index (χ1) is 9.70. The molecule has 3 nitrogen and oxygen atoms in total. The van der Waals surface area contributed by atoms with Gasteiger partial charge in [-0.3, -0.25) is 4.79 Å². The topological polar surface area (TPSA) is 32.3 Å². The minimum atomic E-state index is 0.225. The van der Waals surface area contributed by atoms with Gasteiger partial charge < -0.3 is 10.2 Å². The lowest BCUT2D eigenvalue weighted by atomic mass is 10.0. The van der Waals surface area contributed by atoms with Gasteiger partial charge in [-0.05, 0) is 43.5 Å². The predicted molar refractivity (Wildman–Crippen MR) is 83.1 cm³/mol. The van der Waals surface area contributed by atoms with Crippen LogP contribution in [0.5, 0.6) is 0 Å². The van der Waals surface area contributed by atoms with Crippen molar-refractivity contribution >= 4 is 17.5 Å². The summed E-state index contributed by atoms with van der Waals surface area (Å²) in [4.78, 5) is 14.6. The number of halogens is 1. The summed E-state index contributed by atoms with van der Waals surface area (Å²) in [6.07, 6.45) is 3.73. The van der Waals surface area contributed by atoms with Gasteiger partial charge in [0.25, 0.3) is 0 Å². The average molecular weight is 295 g/mol. The maximum atomic E-state index is 12.6. The lowest BCUT2D eigenvalue weighted by Gasteiger charge is -2.34. The number of hydrogen-bond donors (Lipinski definition) is 1. The first kappa shape index (κ1) is 15.3. The van der Waals surface area contributed by atoms with Gasteiger partial charge in [0.2, 0.25) is 5.91 Å². The van der Waals surface area contributed by atoms with E-state index in [1.54, 1.807) is 0 Å². The van der Waals surface area contributed by atoms with Gasteiger partial charge in [-0.15, -0.1) is 0 Å². The van der Waals surface area contributed by atoms with E-state index in [9.17, 15) is 4.79 Å². The highest BCUT2D eigenvalue weighted by Crippen LogP contribution is 2.15. The molecule has 2 rings (SSSR count). The van der Waals surface area contributed by atoms with Gasteiger partial charge in [0, 0.05) is 24.2 Å². The van der Waals surface area contributed by atoms with Crippen molar-refractivity contribution in [3.8, 4) is 0 Å². The van der Waals surface area contributed by atoms with E-state index in [2.05, 4.69) is 17.1 Å². The second kappa shape index (κ2) is 7.65. The van der Waals surface area contributed by atoms with E-state index in [0.29, 0.717) is 17.5 Å². The van der Waals surface area contributed by atoms with Crippen LogP contribution in [-0.4, -0.2) is 36.5 Å². The molecule has 1 aliphatic rings. The van der Waals surface area contributed by atoms with Crippen LogP contribution in [0, 0.1) is 0 Å². The zero-order valence-electron chi connectivity index (χ0n) is 12.1. The number of nitrogens with zero attached hydrogens (tertiary/aromatic N) is 1. The molecule has 0 spiro atoms. The Morgan fingerprint density at radius 1 is 1.40 bits per heavy atom. The molecule has 0 saturated carbocycles. The molecule has 4 heteroatoms.